The average molecular weight is 240 g/mol. The maximum Gasteiger partial charge on any atom is 0.142 e. The highest BCUT2D eigenvalue weighted by molar-refractivity contribution is 6.30. The zero-order valence-corrected chi connectivity index (χ0v) is 10.4. The second kappa shape index (κ2) is 4.86. The molecular formula is C13H15ClFN. The van der Waals surface area contributed by atoms with Gasteiger partial charge in [-0.1, -0.05) is 23.6 Å². The van der Waals surface area contributed by atoms with E-state index in [4.69, 9.17) is 18.0 Å². The van der Waals surface area contributed by atoms with Crippen LogP contribution in [0.4, 0.5) is 4.39 Å². The van der Waals surface area contributed by atoms with Crippen molar-refractivity contribution in [2.75, 3.05) is 0 Å². The van der Waals surface area contributed by atoms with Gasteiger partial charge in [0.2, 0.25) is 0 Å². The minimum absolute atomic E-state index is 0.0298. The SMILES string of the molecule is C#CC(C)(C)NC(C)c1ccc(Cl)c(F)c1. The van der Waals surface area contributed by atoms with Crippen molar-refractivity contribution in [1.29, 1.82) is 0 Å². The van der Waals surface area contributed by atoms with Crippen molar-refractivity contribution in [2.45, 2.75) is 32.4 Å². The van der Waals surface area contributed by atoms with Gasteiger partial charge in [0.05, 0.1) is 10.6 Å². The zero-order valence-electron chi connectivity index (χ0n) is 9.64. The van der Waals surface area contributed by atoms with E-state index < -0.39 is 11.4 Å². The van der Waals surface area contributed by atoms with Crippen molar-refractivity contribution < 1.29 is 4.39 Å². The highest BCUT2D eigenvalue weighted by atomic mass is 35.5. The smallest absolute Gasteiger partial charge is 0.142 e. The first kappa shape index (κ1) is 13.0. The van der Waals surface area contributed by atoms with Crippen LogP contribution in [-0.2, 0) is 0 Å². The molecule has 1 rings (SSSR count). The molecule has 0 radical (unpaired) electrons. The van der Waals surface area contributed by atoms with Crippen molar-refractivity contribution in [3.63, 3.8) is 0 Å². The van der Waals surface area contributed by atoms with Crippen LogP contribution < -0.4 is 5.32 Å². The van der Waals surface area contributed by atoms with Gasteiger partial charge in [0.25, 0.3) is 0 Å². The summed E-state index contributed by atoms with van der Waals surface area (Å²) in [5.74, 6) is 2.23. The number of halogens is 2. The largest absolute Gasteiger partial charge is 0.295 e. The molecule has 0 aromatic heterocycles. The molecule has 0 saturated heterocycles. The number of rotatable bonds is 3. The Labute approximate surface area is 101 Å². The molecule has 0 amide bonds. The molecule has 0 bridgehead atoms. The molecule has 1 unspecified atom stereocenters. The molecule has 0 aliphatic heterocycles. The standard InChI is InChI=1S/C13H15ClFN/c1-5-13(3,4)16-9(2)10-6-7-11(14)12(15)8-10/h1,6-9,16H,2-4H3. The fourth-order valence-corrected chi connectivity index (χ4v) is 1.57. The number of hydrogen-bond donors (Lipinski definition) is 1. The van der Waals surface area contributed by atoms with Crippen LogP contribution in [0.3, 0.4) is 0 Å². The summed E-state index contributed by atoms with van der Waals surface area (Å²) < 4.78 is 13.3. The van der Waals surface area contributed by atoms with Crippen LogP contribution >= 0.6 is 11.6 Å². The molecule has 86 valence electrons. The summed E-state index contributed by atoms with van der Waals surface area (Å²) in [5.41, 5.74) is 0.403. The Morgan fingerprint density at radius 3 is 2.62 bits per heavy atom. The van der Waals surface area contributed by atoms with Gasteiger partial charge in [-0.3, -0.25) is 5.32 Å². The summed E-state index contributed by atoms with van der Waals surface area (Å²) in [5, 5.41) is 3.35. The number of hydrogen-bond acceptors (Lipinski definition) is 1. The lowest BCUT2D eigenvalue weighted by atomic mass is 10.0. The topological polar surface area (TPSA) is 12.0 Å². The van der Waals surface area contributed by atoms with Gasteiger partial charge in [0.15, 0.2) is 0 Å². The summed E-state index contributed by atoms with van der Waals surface area (Å²) in [7, 11) is 0. The molecular weight excluding hydrogens is 225 g/mol. The normalized spacial score (nSPS) is 13.2. The van der Waals surface area contributed by atoms with Crippen molar-refractivity contribution in [2.24, 2.45) is 0 Å². The first-order valence-corrected chi connectivity index (χ1v) is 5.44. The lowest BCUT2D eigenvalue weighted by molar-refractivity contribution is 0.430. The van der Waals surface area contributed by atoms with Crippen molar-refractivity contribution in [3.8, 4) is 12.3 Å². The van der Waals surface area contributed by atoms with Crippen LogP contribution in [0, 0.1) is 18.2 Å². The summed E-state index contributed by atoms with van der Waals surface area (Å²) >= 11 is 5.62. The van der Waals surface area contributed by atoms with E-state index in [-0.39, 0.29) is 11.1 Å². The van der Waals surface area contributed by atoms with Gasteiger partial charge in [-0.05, 0) is 38.5 Å². The minimum Gasteiger partial charge on any atom is -0.295 e. The molecule has 1 atom stereocenters. The molecule has 3 heteroatoms. The molecule has 0 aliphatic carbocycles. The van der Waals surface area contributed by atoms with Crippen molar-refractivity contribution in [1.82, 2.24) is 5.32 Å². The first-order chi connectivity index (χ1) is 7.35. The van der Waals surface area contributed by atoms with E-state index in [2.05, 4.69) is 11.2 Å². The van der Waals surface area contributed by atoms with Gasteiger partial charge in [-0.25, -0.2) is 4.39 Å². The fraction of sp³-hybridized carbons (Fsp3) is 0.385. The maximum atomic E-state index is 13.3. The molecule has 1 aromatic carbocycles. The molecule has 0 saturated carbocycles. The van der Waals surface area contributed by atoms with E-state index in [1.54, 1.807) is 12.1 Å². The van der Waals surface area contributed by atoms with E-state index in [0.29, 0.717) is 0 Å². The molecule has 0 aliphatic rings. The van der Waals surface area contributed by atoms with E-state index >= 15 is 0 Å². The third-order valence-corrected chi connectivity index (χ3v) is 2.69. The second-order valence-electron chi connectivity index (χ2n) is 4.31. The van der Waals surface area contributed by atoms with Crippen LogP contribution in [-0.4, -0.2) is 5.54 Å². The lowest BCUT2D eigenvalue weighted by Crippen LogP contribution is -2.39. The molecule has 1 aromatic rings. The van der Waals surface area contributed by atoms with E-state index in [9.17, 15) is 4.39 Å². The predicted molar refractivity (Wildman–Crippen MR) is 65.9 cm³/mol. The Kier molecular flexibility index (Phi) is 3.96. The van der Waals surface area contributed by atoms with E-state index in [0.717, 1.165) is 5.56 Å². The van der Waals surface area contributed by atoms with Crippen molar-refractivity contribution in [3.05, 3.63) is 34.6 Å². The minimum atomic E-state index is -0.421. The van der Waals surface area contributed by atoms with Gasteiger partial charge in [-0.15, -0.1) is 6.42 Å². The lowest BCUT2D eigenvalue weighted by Gasteiger charge is -2.25. The Bertz CT molecular complexity index is 420. The Morgan fingerprint density at radius 2 is 2.12 bits per heavy atom. The van der Waals surface area contributed by atoms with Crippen molar-refractivity contribution >= 4 is 11.6 Å². The molecule has 0 spiro atoms. The van der Waals surface area contributed by atoms with E-state index in [1.165, 1.54) is 6.07 Å². The monoisotopic (exact) mass is 239 g/mol. The Morgan fingerprint density at radius 1 is 1.50 bits per heavy atom. The third-order valence-electron chi connectivity index (χ3n) is 2.38. The Hall–Kier alpha value is -1.04. The van der Waals surface area contributed by atoms with Gasteiger partial charge < -0.3 is 0 Å². The molecule has 1 nitrogen and oxygen atoms in total. The van der Waals surface area contributed by atoms with Crippen LogP contribution in [0.1, 0.15) is 32.4 Å². The molecule has 0 fully saturated rings. The van der Waals surface area contributed by atoms with Gasteiger partial charge in [-0.2, -0.15) is 0 Å². The first-order valence-electron chi connectivity index (χ1n) is 5.06. The van der Waals surface area contributed by atoms with Crippen LogP contribution in [0.15, 0.2) is 18.2 Å². The highest BCUT2D eigenvalue weighted by Crippen LogP contribution is 2.21. The van der Waals surface area contributed by atoms with Crippen LogP contribution in [0.5, 0.6) is 0 Å². The van der Waals surface area contributed by atoms with Crippen LogP contribution in [0.25, 0.3) is 0 Å². The van der Waals surface area contributed by atoms with Gasteiger partial charge in [0, 0.05) is 6.04 Å². The average Bonchev–Trinajstić information content (AvgIpc) is 2.21. The second-order valence-corrected chi connectivity index (χ2v) is 4.72. The summed E-state index contributed by atoms with van der Waals surface area (Å²) in [4.78, 5) is 0. The number of benzene rings is 1. The highest BCUT2D eigenvalue weighted by Gasteiger charge is 2.18. The van der Waals surface area contributed by atoms with Gasteiger partial charge >= 0.3 is 0 Å². The van der Waals surface area contributed by atoms with E-state index in [1.807, 2.05) is 20.8 Å². The number of nitrogens with one attached hydrogen (secondary N) is 1. The predicted octanol–water partition coefficient (Wildman–Crippen LogP) is 3.54. The summed E-state index contributed by atoms with van der Waals surface area (Å²) in [6.45, 7) is 5.73. The molecule has 1 N–H and O–H groups in total. The van der Waals surface area contributed by atoms with Gasteiger partial charge in [0.1, 0.15) is 5.82 Å². The maximum absolute atomic E-state index is 13.3. The third kappa shape index (κ3) is 3.23. The summed E-state index contributed by atoms with van der Waals surface area (Å²) in [6.07, 6.45) is 5.38. The molecule has 0 heterocycles. The quantitative estimate of drug-likeness (QED) is 0.796. The Balaban J connectivity index is 2.86. The number of terminal acetylenes is 1. The zero-order chi connectivity index (χ0) is 12.3. The summed E-state index contributed by atoms with van der Waals surface area (Å²) in [6, 6.07) is 4.73. The van der Waals surface area contributed by atoms with Crippen LogP contribution in [0.2, 0.25) is 5.02 Å². The molecule has 16 heavy (non-hydrogen) atoms. The fourth-order valence-electron chi connectivity index (χ4n) is 1.45.